The number of thiazole rings is 1. The molecule has 0 radical (unpaired) electrons. The van der Waals surface area contributed by atoms with E-state index >= 15 is 0 Å². The molecule has 28 heavy (non-hydrogen) atoms. The van der Waals surface area contributed by atoms with E-state index in [-0.39, 0.29) is 11.5 Å². The number of esters is 1. The number of nitrogens with zero attached hydrogens (tertiary/aromatic N) is 2. The van der Waals surface area contributed by atoms with Crippen molar-refractivity contribution in [2.75, 3.05) is 18.6 Å². The molecule has 0 spiro atoms. The lowest BCUT2D eigenvalue weighted by Crippen LogP contribution is -2.18. The Labute approximate surface area is 169 Å². The first-order valence-electron chi connectivity index (χ1n) is 8.67. The number of benzene rings is 2. The lowest BCUT2D eigenvalue weighted by molar-refractivity contribution is 0.0526. The lowest BCUT2D eigenvalue weighted by Gasteiger charge is -2.05. The third-order valence-electron chi connectivity index (χ3n) is 3.98. The molecule has 3 aromatic rings. The van der Waals surface area contributed by atoms with Gasteiger partial charge in [0.05, 0.1) is 22.4 Å². The summed E-state index contributed by atoms with van der Waals surface area (Å²) in [4.78, 5) is 29.3. The summed E-state index contributed by atoms with van der Waals surface area (Å²) >= 11 is 3.00. The molecule has 0 aliphatic carbocycles. The molecule has 8 heteroatoms. The van der Waals surface area contributed by atoms with Gasteiger partial charge in [0.2, 0.25) is 0 Å². The summed E-state index contributed by atoms with van der Waals surface area (Å²) in [6.45, 7) is 2.72. The van der Waals surface area contributed by atoms with Crippen molar-refractivity contribution in [2.24, 2.45) is 4.99 Å². The molecule has 1 aromatic heterocycles. The molecule has 3 rings (SSSR count). The predicted molar refractivity (Wildman–Crippen MR) is 110 cm³/mol. The van der Waals surface area contributed by atoms with Crippen LogP contribution in [0.25, 0.3) is 10.2 Å². The number of halogens is 1. The summed E-state index contributed by atoms with van der Waals surface area (Å²) in [6, 6.07) is 10.8. The van der Waals surface area contributed by atoms with Gasteiger partial charge in [-0.05, 0) is 49.6 Å². The highest BCUT2D eigenvalue weighted by Crippen LogP contribution is 2.20. The summed E-state index contributed by atoms with van der Waals surface area (Å²) in [7, 11) is 0. The molecule has 5 nitrogen and oxygen atoms in total. The van der Waals surface area contributed by atoms with Crippen molar-refractivity contribution in [1.29, 1.82) is 0 Å². The Morgan fingerprint density at radius 1 is 1.21 bits per heavy atom. The summed E-state index contributed by atoms with van der Waals surface area (Å²) in [5, 5.41) is 0. The van der Waals surface area contributed by atoms with Crippen molar-refractivity contribution in [2.45, 2.75) is 13.5 Å². The number of aryl methyl sites for hydroxylation is 1. The minimum Gasteiger partial charge on any atom is -0.462 e. The van der Waals surface area contributed by atoms with Gasteiger partial charge >= 0.3 is 5.97 Å². The van der Waals surface area contributed by atoms with E-state index in [0.717, 1.165) is 16.0 Å². The molecule has 0 fully saturated rings. The van der Waals surface area contributed by atoms with E-state index in [9.17, 15) is 14.0 Å². The van der Waals surface area contributed by atoms with Crippen LogP contribution in [0.4, 0.5) is 4.39 Å². The van der Waals surface area contributed by atoms with Gasteiger partial charge in [0.1, 0.15) is 5.82 Å². The molecule has 0 aliphatic rings. The van der Waals surface area contributed by atoms with Gasteiger partial charge in [-0.25, -0.2) is 9.18 Å². The van der Waals surface area contributed by atoms with E-state index in [0.29, 0.717) is 23.5 Å². The number of hydrogen-bond acceptors (Lipinski definition) is 5. The van der Waals surface area contributed by atoms with E-state index in [2.05, 4.69) is 4.99 Å². The lowest BCUT2D eigenvalue weighted by atomic mass is 10.2. The fourth-order valence-electron chi connectivity index (χ4n) is 2.67. The maximum atomic E-state index is 13.4. The number of hydrogen-bond donors (Lipinski definition) is 0. The van der Waals surface area contributed by atoms with Crippen molar-refractivity contribution in [3.63, 3.8) is 0 Å². The van der Waals surface area contributed by atoms with Gasteiger partial charge in [-0.3, -0.25) is 4.79 Å². The molecular weight excluding hydrogens is 399 g/mol. The van der Waals surface area contributed by atoms with Crippen LogP contribution in [0.2, 0.25) is 0 Å². The van der Waals surface area contributed by atoms with Crippen molar-refractivity contribution in [3.8, 4) is 0 Å². The molecule has 0 N–H and O–H groups in total. The van der Waals surface area contributed by atoms with E-state index in [1.807, 2.05) is 16.9 Å². The summed E-state index contributed by atoms with van der Waals surface area (Å²) < 4.78 is 21.3. The Hall–Kier alpha value is -2.45. The smallest absolute Gasteiger partial charge is 0.338 e. The van der Waals surface area contributed by atoms with Crippen molar-refractivity contribution in [3.05, 3.63) is 64.2 Å². The molecule has 2 aromatic carbocycles. The fraction of sp³-hybridized carbons (Fsp3) is 0.250. The van der Waals surface area contributed by atoms with Gasteiger partial charge in [-0.2, -0.15) is 16.8 Å². The fourth-order valence-corrected chi connectivity index (χ4v) is 4.13. The van der Waals surface area contributed by atoms with Crippen LogP contribution in [0.1, 0.15) is 27.6 Å². The van der Waals surface area contributed by atoms with E-state index < -0.39 is 11.7 Å². The Morgan fingerprint density at radius 2 is 2.04 bits per heavy atom. The van der Waals surface area contributed by atoms with Crippen LogP contribution in [-0.4, -0.2) is 35.1 Å². The van der Waals surface area contributed by atoms with Crippen LogP contribution in [0.15, 0.2) is 47.5 Å². The number of aromatic nitrogens is 1. The summed E-state index contributed by atoms with van der Waals surface area (Å²) in [5.74, 6) is -0.531. The number of amides is 1. The van der Waals surface area contributed by atoms with E-state index in [1.165, 1.54) is 35.6 Å². The molecule has 0 bridgehead atoms. The first-order chi connectivity index (χ1) is 13.5. The maximum absolute atomic E-state index is 13.4. The van der Waals surface area contributed by atoms with Crippen LogP contribution in [0.3, 0.4) is 0 Å². The Morgan fingerprint density at radius 3 is 2.75 bits per heavy atom. The minimum absolute atomic E-state index is 0.195. The van der Waals surface area contributed by atoms with Gasteiger partial charge in [0, 0.05) is 17.9 Å². The topological polar surface area (TPSA) is 60.7 Å². The molecule has 0 atom stereocenters. The molecule has 0 saturated carbocycles. The third-order valence-corrected chi connectivity index (χ3v) is 5.61. The number of thioether (sulfide) groups is 1. The molecule has 0 unspecified atom stereocenters. The average Bonchev–Trinajstić information content (AvgIpc) is 3.02. The molecule has 1 heterocycles. The van der Waals surface area contributed by atoms with Crippen molar-refractivity contribution in [1.82, 2.24) is 4.57 Å². The van der Waals surface area contributed by atoms with Crippen LogP contribution in [0, 0.1) is 5.82 Å². The zero-order valence-corrected chi connectivity index (χ0v) is 17.1. The quantitative estimate of drug-likeness (QED) is 0.565. The standard InChI is InChI=1S/C20H19FN2O3S2/c1-3-26-19(25)14-7-8-16-17(12-14)28-20(23(16)9-10-27-2)22-18(24)13-5-4-6-15(21)11-13/h4-8,11-12H,3,9-10H2,1-2H3. The van der Waals surface area contributed by atoms with Gasteiger partial charge < -0.3 is 9.30 Å². The molecule has 0 saturated heterocycles. The van der Waals surface area contributed by atoms with E-state index in [1.54, 1.807) is 30.8 Å². The third kappa shape index (κ3) is 4.51. The average molecular weight is 419 g/mol. The van der Waals surface area contributed by atoms with Crippen molar-refractivity contribution < 1.29 is 18.7 Å². The Balaban J connectivity index is 2.08. The number of rotatable bonds is 6. The monoisotopic (exact) mass is 418 g/mol. The normalized spacial score (nSPS) is 11.8. The minimum atomic E-state index is -0.505. The van der Waals surface area contributed by atoms with Gasteiger partial charge in [-0.1, -0.05) is 17.4 Å². The number of carbonyl (C=O) groups is 2. The number of ether oxygens (including phenoxy) is 1. The molecule has 1 amide bonds. The summed E-state index contributed by atoms with van der Waals surface area (Å²) in [5.41, 5.74) is 1.54. The molecular formula is C20H19FN2O3S2. The molecule has 146 valence electrons. The van der Waals surface area contributed by atoms with E-state index in [4.69, 9.17) is 4.74 Å². The van der Waals surface area contributed by atoms with Crippen LogP contribution in [-0.2, 0) is 11.3 Å². The zero-order chi connectivity index (χ0) is 20.1. The number of carbonyl (C=O) groups excluding carboxylic acids is 2. The second-order valence-electron chi connectivity index (χ2n) is 5.86. The second kappa shape index (κ2) is 9.16. The second-order valence-corrected chi connectivity index (χ2v) is 7.85. The summed E-state index contributed by atoms with van der Waals surface area (Å²) in [6.07, 6.45) is 2.00. The zero-order valence-electron chi connectivity index (χ0n) is 15.5. The van der Waals surface area contributed by atoms with Gasteiger partial charge in [0.25, 0.3) is 5.91 Å². The first kappa shape index (κ1) is 20.3. The predicted octanol–water partition coefficient (Wildman–Crippen LogP) is 4.12. The van der Waals surface area contributed by atoms with Gasteiger partial charge in [-0.15, -0.1) is 0 Å². The highest BCUT2D eigenvalue weighted by atomic mass is 32.2. The molecule has 0 aliphatic heterocycles. The largest absolute Gasteiger partial charge is 0.462 e. The van der Waals surface area contributed by atoms with Crippen LogP contribution < -0.4 is 4.80 Å². The first-order valence-corrected chi connectivity index (χ1v) is 10.9. The number of fused-ring (bicyclic) bond motifs is 1. The maximum Gasteiger partial charge on any atom is 0.338 e. The van der Waals surface area contributed by atoms with Crippen LogP contribution in [0.5, 0.6) is 0 Å². The Bertz CT molecular complexity index is 1090. The highest BCUT2D eigenvalue weighted by Gasteiger charge is 2.13. The van der Waals surface area contributed by atoms with Crippen molar-refractivity contribution >= 4 is 45.2 Å². The Kier molecular flexibility index (Phi) is 6.64. The SMILES string of the molecule is CCOC(=O)c1ccc2c(c1)sc(=NC(=O)c1cccc(F)c1)n2CCSC. The van der Waals surface area contributed by atoms with Crippen LogP contribution >= 0.6 is 23.1 Å². The highest BCUT2D eigenvalue weighted by molar-refractivity contribution is 7.98. The van der Waals surface area contributed by atoms with Gasteiger partial charge in [0.15, 0.2) is 4.80 Å².